The van der Waals surface area contributed by atoms with Crippen LogP contribution in [0.2, 0.25) is 5.02 Å². The van der Waals surface area contributed by atoms with Crippen LogP contribution in [-0.4, -0.2) is 37.4 Å². The Kier molecular flexibility index (Phi) is 8.38. The van der Waals surface area contributed by atoms with Gasteiger partial charge >= 0.3 is 6.03 Å². The molecule has 2 aromatic heterocycles. The second-order valence-electron chi connectivity index (χ2n) is 7.06. The number of amides is 2. The molecule has 10 heteroatoms. The molecular formula is C25H27ClN4O5. The van der Waals surface area contributed by atoms with Crippen molar-refractivity contribution in [2.24, 2.45) is 0 Å². The minimum atomic E-state index is -0.417. The number of carbonyl (C=O) groups excluding carboxylic acids is 1. The maximum absolute atomic E-state index is 12.5. The summed E-state index contributed by atoms with van der Waals surface area (Å²) < 4.78 is 21.8. The summed E-state index contributed by atoms with van der Waals surface area (Å²) in [6.45, 7) is 5.74. The lowest BCUT2D eigenvalue weighted by Crippen LogP contribution is -2.31. The first-order valence-electron chi connectivity index (χ1n) is 10.9. The molecule has 0 aliphatic carbocycles. The molecule has 184 valence electrons. The number of nitrogens with one attached hydrogen (secondary N) is 1. The molecule has 9 nitrogen and oxygen atoms in total. The summed E-state index contributed by atoms with van der Waals surface area (Å²) in [5, 5.41) is 7.48. The minimum absolute atomic E-state index is 0.317. The molecule has 2 heterocycles. The van der Waals surface area contributed by atoms with Crippen LogP contribution in [0.25, 0.3) is 10.9 Å². The van der Waals surface area contributed by atoms with Gasteiger partial charge in [-0.05, 0) is 31.2 Å². The van der Waals surface area contributed by atoms with Crippen LogP contribution in [0.3, 0.4) is 0 Å². The number of hydrogen-bond donors (Lipinski definition) is 1. The summed E-state index contributed by atoms with van der Waals surface area (Å²) >= 11 is 6.46. The fourth-order valence-corrected chi connectivity index (χ4v) is 3.51. The first-order valence-corrected chi connectivity index (χ1v) is 11.2. The van der Waals surface area contributed by atoms with Crippen LogP contribution in [0.15, 0.2) is 53.2 Å². The first-order chi connectivity index (χ1) is 16.9. The second-order valence-corrected chi connectivity index (χ2v) is 7.47. The van der Waals surface area contributed by atoms with Crippen molar-refractivity contribution in [1.29, 1.82) is 0 Å². The first kappa shape index (κ1) is 25.6. The Labute approximate surface area is 208 Å². The number of carbonyl (C=O) groups is 1. The van der Waals surface area contributed by atoms with E-state index >= 15 is 0 Å². The van der Waals surface area contributed by atoms with Crippen LogP contribution in [0.4, 0.5) is 16.3 Å². The number of pyridine rings is 1. The SMILES string of the molecule is CC.COc1cc2nccc(Oc3ccc(N(C)C(=O)Nc4cc(C)on4)c(Cl)c3)c2cc1OC. The van der Waals surface area contributed by atoms with Crippen molar-refractivity contribution in [3.05, 3.63) is 59.4 Å². The van der Waals surface area contributed by atoms with Crippen LogP contribution in [0.5, 0.6) is 23.0 Å². The molecule has 2 aromatic carbocycles. The number of aryl methyl sites for hydroxylation is 1. The summed E-state index contributed by atoms with van der Waals surface area (Å²) in [6.07, 6.45) is 1.64. The molecule has 0 bridgehead atoms. The summed E-state index contributed by atoms with van der Waals surface area (Å²) in [5.74, 6) is 3.10. The Morgan fingerprint density at radius 3 is 2.37 bits per heavy atom. The number of benzene rings is 2. The third-order valence-electron chi connectivity index (χ3n) is 4.88. The quantitative estimate of drug-likeness (QED) is 0.316. The maximum atomic E-state index is 12.5. The van der Waals surface area contributed by atoms with Crippen LogP contribution >= 0.6 is 11.6 Å². The summed E-state index contributed by atoms with van der Waals surface area (Å²) in [6, 6.07) is 11.6. The van der Waals surface area contributed by atoms with Gasteiger partial charge in [-0.1, -0.05) is 30.6 Å². The number of methoxy groups -OCH3 is 2. The van der Waals surface area contributed by atoms with Gasteiger partial charge in [0, 0.05) is 36.8 Å². The van der Waals surface area contributed by atoms with E-state index in [0.29, 0.717) is 50.8 Å². The van der Waals surface area contributed by atoms with E-state index in [1.165, 1.54) is 4.90 Å². The number of hydrogen-bond acceptors (Lipinski definition) is 7. The van der Waals surface area contributed by atoms with E-state index in [9.17, 15) is 4.79 Å². The highest BCUT2D eigenvalue weighted by Crippen LogP contribution is 2.38. The average Bonchev–Trinajstić information content (AvgIpc) is 3.28. The third kappa shape index (κ3) is 5.75. The molecule has 2 amide bonds. The zero-order valence-corrected chi connectivity index (χ0v) is 21.1. The van der Waals surface area contributed by atoms with Gasteiger partial charge in [-0.2, -0.15) is 0 Å². The Hall–Kier alpha value is -3.98. The highest BCUT2D eigenvalue weighted by Gasteiger charge is 2.17. The smallest absolute Gasteiger partial charge is 0.327 e. The molecule has 0 unspecified atom stereocenters. The summed E-state index contributed by atoms with van der Waals surface area (Å²) in [5.41, 5.74) is 1.18. The summed E-state index contributed by atoms with van der Waals surface area (Å²) in [4.78, 5) is 18.3. The van der Waals surface area contributed by atoms with E-state index < -0.39 is 6.03 Å². The molecule has 0 atom stereocenters. The normalized spacial score (nSPS) is 10.3. The minimum Gasteiger partial charge on any atom is -0.493 e. The standard InChI is InChI=1S/C23H21ClN4O5.C2H6/c1-13-9-22(27-33-13)26-23(29)28(2)18-6-5-14(10-16(18)24)32-19-7-8-25-17-12-21(31-4)20(30-3)11-15(17)19;1-2/h5-12H,1-4H3,(H,26,27,29);1-2H3. The molecule has 0 aliphatic rings. The van der Waals surface area contributed by atoms with Crippen LogP contribution < -0.4 is 24.4 Å². The topological polar surface area (TPSA) is 99.0 Å². The Bertz CT molecular complexity index is 1320. The van der Waals surface area contributed by atoms with E-state index in [1.54, 1.807) is 76.9 Å². The van der Waals surface area contributed by atoms with E-state index in [4.69, 9.17) is 30.3 Å². The Morgan fingerprint density at radius 2 is 1.74 bits per heavy atom. The van der Waals surface area contributed by atoms with E-state index in [0.717, 1.165) is 5.39 Å². The number of ether oxygens (including phenoxy) is 3. The molecule has 0 saturated heterocycles. The average molecular weight is 499 g/mol. The Morgan fingerprint density at radius 1 is 1.03 bits per heavy atom. The van der Waals surface area contributed by atoms with Crippen molar-refractivity contribution in [3.63, 3.8) is 0 Å². The van der Waals surface area contributed by atoms with Crippen molar-refractivity contribution >= 4 is 40.0 Å². The molecule has 0 spiro atoms. The van der Waals surface area contributed by atoms with Crippen molar-refractivity contribution < 1.29 is 23.5 Å². The van der Waals surface area contributed by atoms with Gasteiger partial charge in [0.1, 0.15) is 17.3 Å². The second kappa shape index (κ2) is 11.4. The number of aromatic nitrogens is 2. The predicted molar refractivity (Wildman–Crippen MR) is 136 cm³/mol. The van der Waals surface area contributed by atoms with E-state index in [1.807, 2.05) is 13.8 Å². The molecule has 4 aromatic rings. The number of urea groups is 1. The lowest BCUT2D eigenvalue weighted by atomic mass is 10.2. The van der Waals surface area contributed by atoms with Crippen molar-refractivity contribution in [2.75, 3.05) is 31.5 Å². The van der Waals surface area contributed by atoms with Crippen LogP contribution in [0, 0.1) is 6.92 Å². The lowest BCUT2D eigenvalue weighted by Gasteiger charge is -2.19. The number of anilines is 2. The number of halogens is 1. The molecule has 1 N–H and O–H groups in total. The Balaban J connectivity index is 0.00000167. The molecular weight excluding hydrogens is 472 g/mol. The van der Waals surface area contributed by atoms with Gasteiger partial charge in [-0.15, -0.1) is 0 Å². The van der Waals surface area contributed by atoms with Gasteiger partial charge in [-0.3, -0.25) is 15.2 Å². The van der Waals surface area contributed by atoms with Crippen molar-refractivity contribution in [2.45, 2.75) is 20.8 Å². The monoisotopic (exact) mass is 498 g/mol. The number of rotatable bonds is 6. The zero-order chi connectivity index (χ0) is 25.5. The van der Waals surface area contributed by atoms with E-state index in [-0.39, 0.29) is 0 Å². The maximum Gasteiger partial charge on any atom is 0.327 e. The molecule has 0 radical (unpaired) electrons. The molecule has 35 heavy (non-hydrogen) atoms. The van der Waals surface area contributed by atoms with Gasteiger partial charge in [0.15, 0.2) is 17.3 Å². The number of nitrogens with zero attached hydrogens (tertiary/aromatic N) is 3. The number of fused-ring (bicyclic) bond motifs is 1. The van der Waals surface area contributed by atoms with Gasteiger partial charge in [-0.25, -0.2) is 4.79 Å². The molecule has 0 aliphatic heterocycles. The molecule has 4 rings (SSSR count). The largest absolute Gasteiger partial charge is 0.493 e. The lowest BCUT2D eigenvalue weighted by molar-refractivity contribution is 0.257. The van der Waals surface area contributed by atoms with Gasteiger partial charge < -0.3 is 18.7 Å². The highest BCUT2D eigenvalue weighted by atomic mass is 35.5. The van der Waals surface area contributed by atoms with Crippen molar-refractivity contribution in [1.82, 2.24) is 10.1 Å². The summed E-state index contributed by atoms with van der Waals surface area (Å²) in [7, 11) is 4.73. The van der Waals surface area contributed by atoms with Crippen LogP contribution in [-0.2, 0) is 0 Å². The molecule has 0 fully saturated rings. The molecule has 0 saturated carbocycles. The van der Waals surface area contributed by atoms with E-state index in [2.05, 4.69) is 15.5 Å². The van der Waals surface area contributed by atoms with Gasteiger partial charge in [0.05, 0.1) is 30.4 Å². The highest BCUT2D eigenvalue weighted by molar-refractivity contribution is 6.34. The predicted octanol–water partition coefficient (Wildman–Crippen LogP) is 6.69. The fraction of sp³-hybridized carbons (Fsp3) is 0.240. The third-order valence-corrected chi connectivity index (χ3v) is 5.19. The fourth-order valence-electron chi connectivity index (χ4n) is 3.21. The van der Waals surface area contributed by atoms with Gasteiger partial charge in [0.2, 0.25) is 0 Å². The zero-order valence-electron chi connectivity index (χ0n) is 20.4. The van der Waals surface area contributed by atoms with Gasteiger partial charge in [0.25, 0.3) is 0 Å². The van der Waals surface area contributed by atoms with Crippen LogP contribution in [0.1, 0.15) is 19.6 Å². The van der Waals surface area contributed by atoms with Crippen molar-refractivity contribution in [3.8, 4) is 23.0 Å².